The Kier molecular flexibility index (Phi) is 12.3. The molecule has 230 valence electrons. The number of hydrogen-bond acceptors (Lipinski definition) is 10. The first-order valence-electron chi connectivity index (χ1n) is 13.3. The van der Waals surface area contributed by atoms with Crippen LogP contribution in [-0.2, 0) is 41.7 Å². The molecule has 3 N–H and O–H groups in total. The third kappa shape index (κ3) is 10.9. The van der Waals surface area contributed by atoms with E-state index in [0.717, 1.165) is 19.2 Å². The van der Waals surface area contributed by atoms with E-state index >= 15 is 0 Å². The molecule has 3 aromatic carbocycles. The van der Waals surface area contributed by atoms with Crippen LogP contribution in [0.5, 0.6) is 5.75 Å². The number of nitro groups is 1. The lowest BCUT2D eigenvalue weighted by molar-refractivity contribution is -0.384. The van der Waals surface area contributed by atoms with E-state index in [1.807, 2.05) is 0 Å². The molecule has 14 heteroatoms. The number of hydrogen-bond donors (Lipinski definition) is 3. The summed E-state index contributed by atoms with van der Waals surface area (Å²) < 4.78 is 14.9. The standard InChI is InChI=1S/C30H30N4O10/c1-42-26(35)17-25(33-30(39)43-19-21-10-6-3-7-11-21)29(38)32-24(16-20-8-4-2-5-9-20)28(37)31-18-27(36)44-23-14-12-22(13-15-23)34(40)41/h2-15,24-25H,16-19H2,1H3,(H,31,37)(H,32,38)(H,33,39). The lowest BCUT2D eigenvalue weighted by Gasteiger charge is -2.22. The molecule has 2 unspecified atom stereocenters. The van der Waals surface area contributed by atoms with E-state index in [4.69, 9.17) is 9.47 Å². The van der Waals surface area contributed by atoms with Gasteiger partial charge in [-0.2, -0.15) is 0 Å². The number of non-ortho nitro benzene ring substituents is 1. The molecule has 0 aliphatic heterocycles. The molecule has 0 aromatic heterocycles. The van der Waals surface area contributed by atoms with Gasteiger partial charge in [0, 0.05) is 18.6 Å². The Hall–Kier alpha value is -5.79. The Morgan fingerprint density at radius 1 is 0.773 bits per heavy atom. The molecule has 0 bridgehead atoms. The van der Waals surface area contributed by atoms with Crippen molar-refractivity contribution in [2.45, 2.75) is 31.5 Å². The maximum Gasteiger partial charge on any atom is 0.408 e. The number of nitro benzene ring substituents is 1. The number of methoxy groups -OCH3 is 1. The first-order chi connectivity index (χ1) is 21.1. The number of alkyl carbamates (subject to hydrolysis) is 1. The quantitative estimate of drug-likeness (QED) is 0.106. The average molecular weight is 607 g/mol. The molecule has 3 amide bonds. The number of carbonyl (C=O) groups is 5. The van der Waals surface area contributed by atoms with Crippen LogP contribution >= 0.6 is 0 Å². The Labute approximate surface area is 251 Å². The van der Waals surface area contributed by atoms with Gasteiger partial charge < -0.3 is 30.2 Å². The van der Waals surface area contributed by atoms with Gasteiger partial charge in [0.15, 0.2) is 0 Å². The first-order valence-corrected chi connectivity index (χ1v) is 13.3. The fourth-order valence-corrected chi connectivity index (χ4v) is 3.78. The predicted molar refractivity (Wildman–Crippen MR) is 154 cm³/mol. The zero-order valence-electron chi connectivity index (χ0n) is 23.6. The van der Waals surface area contributed by atoms with Gasteiger partial charge in [-0.3, -0.25) is 24.5 Å². The molecular formula is C30H30N4O10. The van der Waals surface area contributed by atoms with Gasteiger partial charge in [-0.1, -0.05) is 60.7 Å². The summed E-state index contributed by atoms with van der Waals surface area (Å²) in [6, 6.07) is 19.6. The number of rotatable bonds is 14. The zero-order chi connectivity index (χ0) is 31.9. The summed E-state index contributed by atoms with van der Waals surface area (Å²) in [5, 5.41) is 18.0. The van der Waals surface area contributed by atoms with E-state index in [0.29, 0.717) is 11.1 Å². The minimum absolute atomic E-state index is 0.000782. The maximum atomic E-state index is 13.3. The van der Waals surface area contributed by atoms with Crippen molar-refractivity contribution in [2.24, 2.45) is 0 Å². The van der Waals surface area contributed by atoms with Gasteiger partial charge in [-0.05, 0) is 23.3 Å². The van der Waals surface area contributed by atoms with Crippen molar-refractivity contribution in [2.75, 3.05) is 13.7 Å². The second kappa shape index (κ2) is 16.6. The third-order valence-corrected chi connectivity index (χ3v) is 6.02. The largest absolute Gasteiger partial charge is 0.469 e. The van der Waals surface area contributed by atoms with Crippen LogP contribution < -0.4 is 20.7 Å². The van der Waals surface area contributed by atoms with E-state index in [1.54, 1.807) is 60.7 Å². The number of benzene rings is 3. The number of amides is 3. The molecular weight excluding hydrogens is 576 g/mol. The monoisotopic (exact) mass is 606 g/mol. The molecule has 0 heterocycles. The first kappa shape index (κ1) is 32.7. The van der Waals surface area contributed by atoms with E-state index in [2.05, 4.69) is 20.7 Å². The van der Waals surface area contributed by atoms with E-state index in [-0.39, 0.29) is 24.5 Å². The lowest BCUT2D eigenvalue weighted by atomic mass is 10.0. The van der Waals surface area contributed by atoms with Crippen LogP contribution in [0.3, 0.4) is 0 Å². The molecule has 0 spiro atoms. The molecule has 3 aromatic rings. The highest BCUT2D eigenvalue weighted by atomic mass is 16.6. The van der Waals surface area contributed by atoms with Crippen LogP contribution in [-0.4, -0.2) is 60.5 Å². The Balaban J connectivity index is 1.66. The number of nitrogens with zero attached hydrogens (tertiary/aromatic N) is 1. The normalized spacial score (nSPS) is 11.7. The van der Waals surface area contributed by atoms with Gasteiger partial charge in [-0.25, -0.2) is 9.59 Å². The smallest absolute Gasteiger partial charge is 0.408 e. The molecule has 44 heavy (non-hydrogen) atoms. The van der Waals surface area contributed by atoms with Crippen LogP contribution in [0.25, 0.3) is 0 Å². The van der Waals surface area contributed by atoms with Crippen molar-refractivity contribution >= 4 is 35.5 Å². The van der Waals surface area contributed by atoms with Crippen LogP contribution in [0, 0.1) is 10.1 Å². The summed E-state index contributed by atoms with van der Waals surface area (Å²) in [6.45, 7) is -0.680. The van der Waals surface area contributed by atoms with E-state index < -0.39 is 59.8 Å². The molecule has 3 rings (SSSR count). The zero-order valence-corrected chi connectivity index (χ0v) is 23.6. The van der Waals surface area contributed by atoms with Crippen molar-refractivity contribution in [1.82, 2.24) is 16.0 Å². The van der Waals surface area contributed by atoms with Crippen molar-refractivity contribution in [3.63, 3.8) is 0 Å². The molecule has 0 fully saturated rings. The Morgan fingerprint density at radius 2 is 1.39 bits per heavy atom. The molecule has 0 saturated carbocycles. The fraction of sp³-hybridized carbons (Fsp3) is 0.233. The SMILES string of the molecule is COC(=O)CC(NC(=O)OCc1ccccc1)C(=O)NC(Cc1ccccc1)C(=O)NCC(=O)Oc1ccc([N+](=O)[O-])cc1. The number of carbonyl (C=O) groups excluding carboxylic acids is 5. The summed E-state index contributed by atoms with van der Waals surface area (Å²) in [4.78, 5) is 73.4. The minimum Gasteiger partial charge on any atom is -0.469 e. The molecule has 0 saturated heterocycles. The van der Waals surface area contributed by atoms with Crippen LogP contribution in [0.15, 0.2) is 84.9 Å². The summed E-state index contributed by atoms with van der Waals surface area (Å²) in [7, 11) is 1.12. The average Bonchev–Trinajstić information content (AvgIpc) is 3.03. The van der Waals surface area contributed by atoms with E-state index in [1.165, 1.54) is 12.1 Å². The molecule has 2 atom stereocenters. The van der Waals surface area contributed by atoms with Crippen LogP contribution in [0.1, 0.15) is 17.5 Å². The molecule has 0 aliphatic rings. The second-order valence-electron chi connectivity index (χ2n) is 9.23. The topological polar surface area (TPSA) is 192 Å². The highest BCUT2D eigenvalue weighted by molar-refractivity contribution is 5.94. The summed E-state index contributed by atoms with van der Waals surface area (Å²) in [5.74, 6) is -3.28. The Bertz CT molecular complexity index is 1450. The van der Waals surface area contributed by atoms with Gasteiger partial charge >= 0.3 is 18.0 Å². The van der Waals surface area contributed by atoms with Crippen molar-refractivity contribution in [1.29, 1.82) is 0 Å². The fourth-order valence-electron chi connectivity index (χ4n) is 3.78. The molecule has 0 aliphatic carbocycles. The highest BCUT2D eigenvalue weighted by Gasteiger charge is 2.30. The number of esters is 2. The third-order valence-electron chi connectivity index (χ3n) is 6.02. The molecule has 14 nitrogen and oxygen atoms in total. The van der Waals surface area contributed by atoms with E-state index in [9.17, 15) is 34.1 Å². The van der Waals surface area contributed by atoms with Gasteiger partial charge in [-0.15, -0.1) is 0 Å². The Morgan fingerprint density at radius 3 is 1.98 bits per heavy atom. The van der Waals surface area contributed by atoms with Gasteiger partial charge in [0.25, 0.3) is 5.69 Å². The van der Waals surface area contributed by atoms with Crippen molar-refractivity contribution < 1.29 is 43.1 Å². The summed E-state index contributed by atoms with van der Waals surface area (Å²) in [5.41, 5.74) is 1.17. The maximum absolute atomic E-state index is 13.3. The van der Waals surface area contributed by atoms with Crippen molar-refractivity contribution in [3.8, 4) is 5.75 Å². The summed E-state index contributed by atoms with van der Waals surface area (Å²) in [6.07, 6.45) is -1.53. The summed E-state index contributed by atoms with van der Waals surface area (Å²) >= 11 is 0. The minimum atomic E-state index is -1.45. The molecule has 0 radical (unpaired) electrons. The van der Waals surface area contributed by atoms with Crippen LogP contribution in [0.4, 0.5) is 10.5 Å². The number of ether oxygens (including phenoxy) is 3. The van der Waals surface area contributed by atoms with Gasteiger partial charge in [0.2, 0.25) is 11.8 Å². The van der Waals surface area contributed by atoms with Crippen LogP contribution in [0.2, 0.25) is 0 Å². The highest BCUT2D eigenvalue weighted by Crippen LogP contribution is 2.17. The predicted octanol–water partition coefficient (Wildman–Crippen LogP) is 2.20. The number of nitrogens with one attached hydrogen (secondary N) is 3. The second-order valence-corrected chi connectivity index (χ2v) is 9.23. The van der Waals surface area contributed by atoms with Gasteiger partial charge in [0.1, 0.15) is 31.0 Å². The van der Waals surface area contributed by atoms with Gasteiger partial charge in [0.05, 0.1) is 18.5 Å². The lowest BCUT2D eigenvalue weighted by Crippen LogP contribution is -2.55. The van der Waals surface area contributed by atoms with Crippen molar-refractivity contribution in [3.05, 3.63) is 106 Å².